The van der Waals surface area contributed by atoms with Gasteiger partial charge in [0.25, 0.3) is 0 Å². The molecule has 2 aromatic rings. The average molecular weight is 373 g/mol. The van der Waals surface area contributed by atoms with Crippen LogP contribution in [0.25, 0.3) is 0 Å². The molecule has 0 aliphatic carbocycles. The van der Waals surface area contributed by atoms with E-state index in [1.54, 1.807) is 30.3 Å². The molecule has 1 N–H and O–H groups in total. The van der Waals surface area contributed by atoms with Crippen molar-refractivity contribution >= 4 is 29.1 Å². The van der Waals surface area contributed by atoms with E-state index in [2.05, 4.69) is 11.9 Å². The number of hydrogen-bond donors (Lipinski definition) is 1. The Labute approximate surface area is 158 Å². The fraction of sp³-hybridized carbons (Fsp3) is 0.200. The third kappa shape index (κ3) is 6.26. The summed E-state index contributed by atoms with van der Waals surface area (Å²) in [5.41, 5.74) is 1.65. The highest BCUT2D eigenvalue weighted by atomic mass is 35.5. The van der Waals surface area contributed by atoms with E-state index in [0.717, 1.165) is 5.56 Å². The summed E-state index contributed by atoms with van der Waals surface area (Å²) in [5, 5.41) is 3.44. The van der Waals surface area contributed by atoms with E-state index in [-0.39, 0.29) is 18.4 Å². The van der Waals surface area contributed by atoms with Gasteiger partial charge in [0.1, 0.15) is 18.9 Å². The van der Waals surface area contributed by atoms with Gasteiger partial charge in [-0.05, 0) is 42.0 Å². The SMILES string of the molecule is C=CCN(CC(=O)Nc1ccc(OCc2ccc(Cl)cc2)cc1)C(C)=O. The molecule has 5 nitrogen and oxygen atoms in total. The van der Waals surface area contributed by atoms with Crippen LogP contribution in [0.2, 0.25) is 5.02 Å². The number of halogens is 1. The first-order valence-corrected chi connectivity index (χ1v) is 8.49. The van der Waals surface area contributed by atoms with Crippen LogP contribution in [0, 0.1) is 0 Å². The molecule has 136 valence electrons. The second-order valence-electron chi connectivity index (χ2n) is 5.68. The highest BCUT2D eigenvalue weighted by molar-refractivity contribution is 6.30. The van der Waals surface area contributed by atoms with Crippen molar-refractivity contribution in [3.63, 3.8) is 0 Å². The van der Waals surface area contributed by atoms with Crippen molar-refractivity contribution in [1.29, 1.82) is 0 Å². The lowest BCUT2D eigenvalue weighted by Crippen LogP contribution is -2.36. The van der Waals surface area contributed by atoms with Gasteiger partial charge in [-0.25, -0.2) is 0 Å². The molecule has 6 heteroatoms. The molecular formula is C20H21ClN2O3. The van der Waals surface area contributed by atoms with Crippen LogP contribution in [-0.4, -0.2) is 29.8 Å². The summed E-state index contributed by atoms with van der Waals surface area (Å²) in [6.07, 6.45) is 1.58. The van der Waals surface area contributed by atoms with Gasteiger partial charge in [0.15, 0.2) is 0 Å². The summed E-state index contributed by atoms with van der Waals surface area (Å²) in [5.74, 6) is 0.248. The minimum Gasteiger partial charge on any atom is -0.489 e. The van der Waals surface area contributed by atoms with E-state index in [1.807, 2.05) is 24.3 Å². The Balaban J connectivity index is 1.86. The molecule has 0 saturated carbocycles. The molecule has 0 bridgehead atoms. The second-order valence-corrected chi connectivity index (χ2v) is 6.11. The van der Waals surface area contributed by atoms with Gasteiger partial charge in [-0.1, -0.05) is 29.8 Å². The van der Waals surface area contributed by atoms with Crippen molar-refractivity contribution in [2.45, 2.75) is 13.5 Å². The topological polar surface area (TPSA) is 58.6 Å². The van der Waals surface area contributed by atoms with Gasteiger partial charge in [-0.3, -0.25) is 9.59 Å². The molecule has 0 fully saturated rings. The monoisotopic (exact) mass is 372 g/mol. The minimum absolute atomic E-state index is 0.0177. The number of anilines is 1. The summed E-state index contributed by atoms with van der Waals surface area (Å²) >= 11 is 5.85. The van der Waals surface area contributed by atoms with Crippen molar-refractivity contribution in [3.05, 3.63) is 71.8 Å². The highest BCUT2D eigenvalue weighted by Gasteiger charge is 2.12. The fourth-order valence-corrected chi connectivity index (χ4v) is 2.34. The number of carbonyl (C=O) groups excluding carboxylic acids is 2. The van der Waals surface area contributed by atoms with E-state index in [4.69, 9.17) is 16.3 Å². The Hall–Kier alpha value is -2.79. The Morgan fingerprint density at radius 3 is 2.38 bits per heavy atom. The standard InChI is InChI=1S/C20H21ClN2O3/c1-3-12-23(15(2)24)13-20(25)22-18-8-10-19(11-9-18)26-14-16-4-6-17(21)7-5-16/h3-11H,1,12-14H2,2H3,(H,22,25). The molecule has 0 aromatic heterocycles. The quantitative estimate of drug-likeness (QED) is 0.715. The van der Waals surface area contributed by atoms with Crippen LogP contribution in [-0.2, 0) is 16.2 Å². The van der Waals surface area contributed by atoms with E-state index in [0.29, 0.717) is 29.6 Å². The molecular weight excluding hydrogens is 352 g/mol. The van der Waals surface area contributed by atoms with Crippen molar-refractivity contribution < 1.29 is 14.3 Å². The molecule has 2 aromatic carbocycles. The van der Waals surface area contributed by atoms with Gasteiger partial charge < -0.3 is 15.0 Å². The van der Waals surface area contributed by atoms with Gasteiger partial charge in [0, 0.05) is 24.2 Å². The summed E-state index contributed by atoms with van der Waals surface area (Å²) in [4.78, 5) is 24.9. The number of nitrogens with zero attached hydrogens (tertiary/aromatic N) is 1. The molecule has 0 saturated heterocycles. The predicted octanol–water partition coefficient (Wildman–Crippen LogP) is 3.89. The average Bonchev–Trinajstić information content (AvgIpc) is 2.62. The Morgan fingerprint density at radius 1 is 1.15 bits per heavy atom. The lowest BCUT2D eigenvalue weighted by Gasteiger charge is -2.18. The molecule has 0 spiro atoms. The van der Waals surface area contributed by atoms with E-state index < -0.39 is 0 Å². The Morgan fingerprint density at radius 2 is 1.81 bits per heavy atom. The third-order valence-electron chi connectivity index (χ3n) is 3.59. The molecule has 0 atom stereocenters. The first-order valence-electron chi connectivity index (χ1n) is 8.11. The first kappa shape index (κ1) is 19.5. The normalized spacial score (nSPS) is 10.1. The van der Waals surface area contributed by atoms with Crippen molar-refractivity contribution in [2.75, 3.05) is 18.4 Å². The molecule has 0 heterocycles. The summed E-state index contributed by atoms with van der Waals surface area (Å²) in [6.45, 7) is 5.75. The summed E-state index contributed by atoms with van der Waals surface area (Å²) < 4.78 is 5.70. The van der Waals surface area contributed by atoms with Gasteiger partial charge in [0.05, 0.1) is 0 Å². The third-order valence-corrected chi connectivity index (χ3v) is 3.84. The van der Waals surface area contributed by atoms with Crippen molar-refractivity contribution in [2.24, 2.45) is 0 Å². The van der Waals surface area contributed by atoms with Crippen molar-refractivity contribution in [1.82, 2.24) is 4.90 Å². The molecule has 0 aliphatic rings. The largest absolute Gasteiger partial charge is 0.489 e. The van der Waals surface area contributed by atoms with Crippen LogP contribution in [0.1, 0.15) is 12.5 Å². The van der Waals surface area contributed by atoms with Crippen LogP contribution in [0.3, 0.4) is 0 Å². The number of ether oxygens (including phenoxy) is 1. The number of hydrogen-bond acceptors (Lipinski definition) is 3. The molecule has 0 radical (unpaired) electrons. The Kier molecular flexibility index (Phi) is 7.24. The van der Waals surface area contributed by atoms with E-state index in [9.17, 15) is 9.59 Å². The number of nitrogens with one attached hydrogen (secondary N) is 1. The molecule has 26 heavy (non-hydrogen) atoms. The zero-order chi connectivity index (χ0) is 18.9. The Bertz CT molecular complexity index is 758. The zero-order valence-corrected chi connectivity index (χ0v) is 15.3. The maximum absolute atomic E-state index is 12.0. The summed E-state index contributed by atoms with van der Waals surface area (Å²) in [6, 6.07) is 14.5. The lowest BCUT2D eigenvalue weighted by atomic mass is 10.2. The minimum atomic E-state index is -0.267. The van der Waals surface area contributed by atoms with Gasteiger partial charge in [-0.15, -0.1) is 6.58 Å². The number of benzene rings is 2. The van der Waals surface area contributed by atoms with Crippen molar-refractivity contribution in [3.8, 4) is 5.75 Å². The van der Waals surface area contributed by atoms with Gasteiger partial charge in [0.2, 0.25) is 11.8 Å². The maximum Gasteiger partial charge on any atom is 0.244 e. The lowest BCUT2D eigenvalue weighted by molar-refractivity contribution is -0.132. The zero-order valence-electron chi connectivity index (χ0n) is 14.6. The highest BCUT2D eigenvalue weighted by Crippen LogP contribution is 2.18. The molecule has 0 aliphatic heterocycles. The molecule has 2 rings (SSSR count). The molecule has 2 amide bonds. The number of rotatable bonds is 8. The van der Waals surface area contributed by atoms with Crippen LogP contribution in [0.4, 0.5) is 5.69 Å². The van der Waals surface area contributed by atoms with Crippen LogP contribution < -0.4 is 10.1 Å². The van der Waals surface area contributed by atoms with Gasteiger partial charge >= 0.3 is 0 Å². The van der Waals surface area contributed by atoms with Crippen LogP contribution in [0.5, 0.6) is 5.75 Å². The van der Waals surface area contributed by atoms with Crippen LogP contribution in [0.15, 0.2) is 61.2 Å². The number of carbonyl (C=O) groups is 2. The molecule has 0 unspecified atom stereocenters. The van der Waals surface area contributed by atoms with E-state index >= 15 is 0 Å². The van der Waals surface area contributed by atoms with Crippen LogP contribution >= 0.6 is 11.6 Å². The van der Waals surface area contributed by atoms with Gasteiger partial charge in [-0.2, -0.15) is 0 Å². The smallest absolute Gasteiger partial charge is 0.244 e. The summed E-state index contributed by atoms with van der Waals surface area (Å²) in [7, 11) is 0. The van der Waals surface area contributed by atoms with E-state index in [1.165, 1.54) is 11.8 Å². The first-order chi connectivity index (χ1) is 12.5. The second kappa shape index (κ2) is 9.63. The fourth-order valence-electron chi connectivity index (χ4n) is 2.22. The predicted molar refractivity (Wildman–Crippen MR) is 103 cm³/mol. The number of amides is 2. The maximum atomic E-state index is 12.0.